The number of nitro groups is 1. The highest BCUT2D eigenvalue weighted by Gasteiger charge is 2.12. The van der Waals surface area contributed by atoms with Crippen molar-refractivity contribution in [3.63, 3.8) is 0 Å². The fourth-order valence-electron chi connectivity index (χ4n) is 1.64. The molecule has 0 aliphatic rings. The summed E-state index contributed by atoms with van der Waals surface area (Å²) in [6.07, 6.45) is 0. The summed E-state index contributed by atoms with van der Waals surface area (Å²) in [6, 6.07) is 11.9. The summed E-state index contributed by atoms with van der Waals surface area (Å²) in [5, 5.41) is 17.0. The molecule has 0 aliphatic heterocycles. The lowest BCUT2D eigenvalue weighted by Gasteiger charge is -2.11. The van der Waals surface area contributed by atoms with Crippen LogP contribution in [0.4, 0.5) is 22.7 Å². The molecule has 0 spiro atoms. The van der Waals surface area contributed by atoms with E-state index >= 15 is 0 Å². The summed E-state index contributed by atoms with van der Waals surface area (Å²) in [5.41, 5.74) is 6.77. The number of hydrogen-bond acceptors (Lipinski definition) is 4. The smallest absolute Gasteiger partial charge is 0.294 e. The Bertz CT molecular complexity index is 708. The minimum atomic E-state index is -0.536. The van der Waals surface area contributed by atoms with E-state index in [0.717, 1.165) is 10.2 Å². The van der Waals surface area contributed by atoms with E-state index in [4.69, 9.17) is 18.0 Å². The summed E-state index contributed by atoms with van der Waals surface area (Å²) in [4.78, 5) is 10.3. The zero-order chi connectivity index (χ0) is 15.4. The number of nitrogens with two attached hydrogens (primary N) is 1. The number of nitrogens with one attached hydrogen (secondary N) is 2. The van der Waals surface area contributed by atoms with Crippen LogP contribution in [-0.4, -0.2) is 10.0 Å². The van der Waals surface area contributed by atoms with Gasteiger partial charge in [-0.15, -0.1) is 0 Å². The molecule has 2 aromatic carbocycles. The molecule has 0 aromatic heterocycles. The van der Waals surface area contributed by atoms with Gasteiger partial charge in [-0.1, -0.05) is 22.0 Å². The lowest BCUT2D eigenvalue weighted by Crippen LogP contribution is -2.19. The molecule has 0 aliphatic carbocycles. The Morgan fingerprint density at radius 2 is 1.86 bits per heavy atom. The molecule has 108 valence electrons. The van der Waals surface area contributed by atoms with Crippen molar-refractivity contribution in [2.24, 2.45) is 0 Å². The van der Waals surface area contributed by atoms with E-state index in [2.05, 4.69) is 26.6 Å². The first-order valence-electron chi connectivity index (χ1n) is 5.83. The maximum absolute atomic E-state index is 10.8. The Hall–Kier alpha value is -2.19. The summed E-state index contributed by atoms with van der Waals surface area (Å²) in [7, 11) is 0. The summed E-state index contributed by atoms with van der Waals surface area (Å²) in [6.45, 7) is 0. The van der Waals surface area contributed by atoms with Gasteiger partial charge in [0, 0.05) is 21.9 Å². The van der Waals surface area contributed by atoms with Gasteiger partial charge in [-0.2, -0.15) is 0 Å². The Morgan fingerprint density at radius 1 is 1.19 bits per heavy atom. The van der Waals surface area contributed by atoms with Gasteiger partial charge in [-0.05, 0) is 42.5 Å². The molecule has 21 heavy (non-hydrogen) atoms. The van der Waals surface area contributed by atoms with Crippen LogP contribution in [0.25, 0.3) is 0 Å². The fraction of sp³-hybridized carbons (Fsp3) is 0. The van der Waals surface area contributed by atoms with E-state index < -0.39 is 4.92 Å². The molecule has 0 bridgehead atoms. The van der Waals surface area contributed by atoms with E-state index in [9.17, 15) is 10.1 Å². The molecule has 0 saturated carbocycles. The van der Waals surface area contributed by atoms with Gasteiger partial charge in [0.25, 0.3) is 5.69 Å². The molecular formula is C13H11BrN4O2S. The maximum atomic E-state index is 10.8. The predicted octanol–water partition coefficient (Wildman–Crippen LogP) is 3.75. The Morgan fingerprint density at radius 3 is 2.48 bits per heavy atom. The van der Waals surface area contributed by atoms with E-state index in [-0.39, 0.29) is 11.4 Å². The molecular weight excluding hydrogens is 356 g/mol. The second-order valence-electron chi connectivity index (χ2n) is 4.12. The Kier molecular flexibility index (Phi) is 4.71. The second kappa shape index (κ2) is 6.51. The van der Waals surface area contributed by atoms with Crippen LogP contribution in [0.3, 0.4) is 0 Å². The van der Waals surface area contributed by atoms with E-state index in [1.165, 1.54) is 12.1 Å². The van der Waals surface area contributed by atoms with Gasteiger partial charge in [0.2, 0.25) is 0 Å². The van der Waals surface area contributed by atoms with E-state index in [1.54, 1.807) is 6.07 Å². The minimum Gasteiger partial charge on any atom is -0.393 e. The molecule has 0 saturated heterocycles. The molecule has 0 unspecified atom stereocenters. The fourth-order valence-corrected chi connectivity index (χ4v) is 2.27. The zero-order valence-corrected chi connectivity index (χ0v) is 13.1. The minimum absolute atomic E-state index is 0.108. The van der Waals surface area contributed by atoms with Crippen LogP contribution in [0, 0.1) is 10.1 Å². The SMILES string of the molecule is Nc1ccc(NC(=S)Nc2cccc(Br)c2)cc1[N+](=O)[O-]. The third kappa shape index (κ3) is 4.14. The number of rotatable bonds is 3. The maximum Gasteiger partial charge on any atom is 0.294 e. The standard InChI is InChI=1S/C13H11BrN4O2S/c14-8-2-1-3-9(6-8)16-13(21)17-10-4-5-11(15)12(7-10)18(19)20/h1-7H,15H2,(H2,16,17,21). The van der Waals surface area contributed by atoms with Crippen molar-refractivity contribution in [2.75, 3.05) is 16.4 Å². The van der Waals surface area contributed by atoms with Crippen molar-refractivity contribution >= 4 is 56.0 Å². The first-order valence-corrected chi connectivity index (χ1v) is 7.03. The number of nitro benzene ring substituents is 1. The first-order chi connectivity index (χ1) is 9.95. The third-order valence-electron chi connectivity index (χ3n) is 2.57. The molecule has 4 N–H and O–H groups in total. The predicted molar refractivity (Wildman–Crippen MR) is 91.5 cm³/mol. The van der Waals surface area contributed by atoms with Crippen molar-refractivity contribution in [3.05, 3.63) is 57.1 Å². The van der Waals surface area contributed by atoms with Gasteiger partial charge >= 0.3 is 0 Å². The highest BCUT2D eigenvalue weighted by molar-refractivity contribution is 9.10. The van der Waals surface area contributed by atoms with Crippen LogP contribution in [-0.2, 0) is 0 Å². The van der Waals surface area contributed by atoms with Gasteiger partial charge in [0.15, 0.2) is 5.11 Å². The molecule has 0 heterocycles. The lowest BCUT2D eigenvalue weighted by molar-refractivity contribution is -0.383. The monoisotopic (exact) mass is 366 g/mol. The van der Waals surface area contributed by atoms with Crippen molar-refractivity contribution in [1.82, 2.24) is 0 Å². The number of nitrogens with zero attached hydrogens (tertiary/aromatic N) is 1. The number of thiocarbonyl (C=S) groups is 1. The van der Waals surface area contributed by atoms with Crippen LogP contribution in [0.5, 0.6) is 0 Å². The average molecular weight is 367 g/mol. The van der Waals surface area contributed by atoms with E-state index in [1.807, 2.05) is 24.3 Å². The molecule has 8 heteroatoms. The van der Waals surface area contributed by atoms with E-state index in [0.29, 0.717) is 10.8 Å². The van der Waals surface area contributed by atoms with Gasteiger partial charge in [0.1, 0.15) is 5.69 Å². The van der Waals surface area contributed by atoms with Crippen molar-refractivity contribution in [3.8, 4) is 0 Å². The lowest BCUT2D eigenvalue weighted by atomic mass is 10.2. The Balaban J connectivity index is 2.09. The summed E-state index contributed by atoms with van der Waals surface area (Å²) >= 11 is 8.52. The normalized spacial score (nSPS) is 9.95. The van der Waals surface area contributed by atoms with Crippen LogP contribution in [0.2, 0.25) is 0 Å². The van der Waals surface area contributed by atoms with Gasteiger partial charge in [-0.3, -0.25) is 10.1 Å². The molecule has 2 rings (SSSR count). The molecule has 0 radical (unpaired) electrons. The van der Waals surface area contributed by atoms with Gasteiger partial charge in [0.05, 0.1) is 4.92 Å². The average Bonchev–Trinajstić information content (AvgIpc) is 2.40. The topological polar surface area (TPSA) is 93.2 Å². The van der Waals surface area contributed by atoms with Crippen LogP contribution < -0.4 is 16.4 Å². The van der Waals surface area contributed by atoms with Crippen LogP contribution in [0.1, 0.15) is 0 Å². The number of hydrogen-bond donors (Lipinski definition) is 3. The number of anilines is 3. The highest BCUT2D eigenvalue weighted by atomic mass is 79.9. The molecule has 0 amide bonds. The van der Waals surface area contributed by atoms with Crippen molar-refractivity contribution < 1.29 is 4.92 Å². The van der Waals surface area contributed by atoms with Crippen LogP contribution >= 0.6 is 28.1 Å². The van der Waals surface area contributed by atoms with Crippen molar-refractivity contribution in [1.29, 1.82) is 0 Å². The third-order valence-corrected chi connectivity index (χ3v) is 3.26. The van der Waals surface area contributed by atoms with Crippen molar-refractivity contribution in [2.45, 2.75) is 0 Å². The quantitative estimate of drug-likeness (QED) is 0.331. The molecule has 0 atom stereocenters. The Labute approximate surface area is 134 Å². The highest BCUT2D eigenvalue weighted by Crippen LogP contribution is 2.25. The molecule has 6 nitrogen and oxygen atoms in total. The number of halogens is 1. The number of benzene rings is 2. The summed E-state index contributed by atoms with van der Waals surface area (Å²) in [5.74, 6) is 0. The zero-order valence-electron chi connectivity index (χ0n) is 10.7. The first kappa shape index (κ1) is 15.2. The van der Waals surface area contributed by atoms with Gasteiger partial charge < -0.3 is 16.4 Å². The van der Waals surface area contributed by atoms with Crippen LogP contribution in [0.15, 0.2) is 46.9 Å². The molecule has 2 aromatic rings. The molecule has 0 fully saturated rings. The second-order valence-corrected chi connectivity index (χ2v) is 5.44. The van der Waals surface area contributed by atoms with Gasteiger partial charge in [-0.25, -0.2) is 0 Å². The number of nitrogen functional groups attached to an aromatic ring is 1. The largest absolute Gasteiger partial charge is 0.393 e. The summed E-state index contributed by atoms with van der Waals surface area (Å²) < 4.78 is 0.915.